The van der Waals surface area contributed by atoms with Crippen molar-refractivity contribution in [1.82, 2.24) is 4.98 Å². The van der Waals surface area contributed by atoms with Crippen LogP contribution in [-0.4, -0.2) is 35.4 Å². The molecule has 0 aromatic carbocycles. The molecule has 0 spiro atoms. The van der Waals surface area contributed by atoms with E-state index in [2.05, 4.69) is 11.2 Å². The Morgan fingerprint density at radius 1 is 1.33 bits per heavy atom. The molecule has 98 valence electrons. The van der Waals surface area contributed by atoms with Gasteiger partial charge in [-0.1, -0.05) is 11.3 Å². The lowest BCUT2D eigenvalue weighted by Crippen LogP contribution is -2.34. The second-order valence-corrected chi connectivity index (χ2v) is 7.09. The quantitative estimate of drug-likeness (QED) is 0.835. The number of fused-ring (bicyclic) bond motifs is 1. The number of aryl methyl sites for hydroxylation is 1. The Morgan fingerprint density at radius 2 is 2.11 bits per heavy atom. The molecule has 3 rings (SSSR count). The Bertz CT molecular complexity index is 450. The van der Waals surface area contributed by atoms with Crippen molar-refractivity contribution in [2.75, 3.05) is 24.2 Å². The number of thioether (sulfide) groups is 1. The topological polar surface area (TPSA) is 33.2 Å². The van der Waals surface area contributed by atoms with Gasteiger partial charge in [0, 0.05) is 24.8 Å². The third kappa shape index (κ3) is 2.30. The molecule has 0 N–H and O–H groups in total. The maximum Gasteiger partial charge on any atom is 0.186 e. The Hall–Kier alpha value is -0.550. The zero-order valence-corrected chi connectivity index (χ0v) is 12.3. The van der Waals surface area contributed by atoms with Gasteiger partial charge < -0.3 is 4.90 Å². The first kappa shape index (κ1) is 12.5. The van der Waals surface area contributed by atoms with Gasteiger partial charge in [0.15, 0.2) is 10.9 Å². The number of anilines is 1. The van der Waals surface area contributed by atoms with E-state index in [-0.39, 0.29) is 0 Å². The van der Waals surface area contributed by atoms with Crippen molar-refractivity contribution in [2.24, 2.45) is 0 Å². The summed E-state index contributed by atoms with van der Waals surface area (Å²) < 4.78 is 0. The highest BCUT2D eigenvalue weighted by Gasteiger charge is 2.26. The summed E-state index contributed by atoms with van der Waals surface area (Å²) in [5.74, 6) is 0.305. The summed E-state index contributed by atoms with van der Waals surface area (Å²) in [7, 11) is 0. The van der Waals surface area contributed by atoms with Crippen molar-refractivity contribution in [3.05, 3.63) is 10.6 Å². The van der Waals surface area contributed by atoms with Gasteiger partial charge in [0.05, 0.1) is 10.6 Å². The smallest absolute Gasteiger partial charge is 0.186 e. The average molecular weight is 282 g/mol. The second-order valence-electron chi connectivity index (χ2n) is 4.97. The highest BCUT2D eigenvalue weighted by molar-refractivity contribution is 7.99. The number of Topliss-reactive ketones (excluding diaryl/α,β-unsaturated/α-hetero) is 1. The summed E-state index contributed by atoms with van der Waals surface area (Å²) in [5.41, 5.74) is 1.05. The van der Waals surface area contributed by atoms with Gasteiger partial charge in [-0.3, -0.25) is 4.79 Å². The molecular formula is C13H18N2OS2. The molecule has 0 saturated carbocycles. The van der Waals surface area contributed by atoms with Crippen molar-refractivity contribution in [3.63, 3.8) is 0 Å². The number of hydrogen-bond acceptors (Lipinski definition) is 5. The Kier molecular flexibility index (Phi) is 3.61. The largest absolute Gasteiger partial charge is 0.348 e. The van der Waals surface area contributed by atoms with E-state index in [1.807, 2.05) is 11.8 Å². The molecule has 1 saturated heterocycles. The van der Waals surface area contributed by atoms with E-state index in [0.29, 0.717) is 12.2 Å². The van der Waals surface area contributed by atoms with Gasteiger partial charge in [0.2, 0.25) is 0 Å². The number of thiazole rings is 1. The fraction of sp³-hybridized carbons (Fsp3) is 0.692. The molecule has 3 nitrogen and oxygen atoms in total. The van der Waals surface area contributed by atoms with Crippen LogP contribution in [-0.2, 0) is 6.42 Å². The molecule has 1 aliphatic heterocycles. The summed E-state index contributed by atoms with van der Waals surface area (Å²) in [6, 6.07) is 0. The van der Waals surface area contributed by atoms with E-state index in [9.17, 15) is 4.79 Å². The first-order valence-electron chi connectivity index (χ1n) is 6.58. The fourth-order valence-corrected chi connectivity index (χ4v) is 4.49. The monoisotopic (exact) mass is 282 g/mol. The molecule has 5 heteroatoms. The molecule has 0 bridgehead atoms. The molecule has 1 aromatic rings. The predicted octanol–water partition coefficient (Wildman–Crippen LogP) is 2.99. The number of rotatable bonds is 2. The number of carbonyl (C=O) groups excluding carboxylic acids is 1. The van der Waals surface area contributed by atoms with E-state index in [1.165, 1.54) is 12.8 Å². The van der Waals surface area contributed by atoms with Crippen LogP contribution < -0.4 is 4.90 Å². The van der Waals surface area contributed by atoms with Gasteiger partial charge >= 0.3 is 0 Å². The fourth-order valence-electron chi connectivity index (χ4n) is 2.67. The molecule has 0 amide bonds. The molecule has 0 unspecified atom stereocenters. The molecule has 2 heterocycles. The van der Waals surface area contributed by atoms with Gasteiger partial charge in [-0.2, -0.15) is 11.8 Å². The average Bonchev–Trinajstić information content (AvgIpc) is 2.84. The van der Waals surface area contributed by atoms with Crippen molar-refractivity contribution in [1.29, 1.82) is 0 Å². The van der Waals surface area contributed by atoms with Gasteiger partial charge in [-0.15, -0.1) is 0 Å². The van der Waals surface area contributed by atoms with Gasteiger partial charge in [0.1, 0.15) is 0 Å². The molecule has 1 fully saturated rings. The van der Waals surface area contributed by atoms with Gasteiger partial charge in [-0.25, -0.2) is 4.98 Å². The second kappa shape index (κ2) is 5.21. The lowest BCUT2D eigenvalue weighted by atomic mass is 10.0. The molecule has 1 aliphatic carbocycles. The predicted molar refractivity (Wildman–Crippen MR) is 78.1 cm³/mol. The highest BCUT2D eigenvalue weighted by Crippen LogP contribution is 2.33. The van der Waals surface area contributed by atoms with E-state index in [1.54, 1.807) is 11.3 Å². The summed E-state index contributed by atoms with van der Waals surface area (Å²) in [6.45, 7) is 2.18. The Balaban J connectivity index is 1.76. The van der Waals surface area contributed by atoms with Crippen LogP contribution in [0.5, 0.6) is 0 Å². The molecule has 0 atom stereocenters. The SMILES string of the molecule is CSC1CCN(c2nc3c(s2)C(=O)CCC3)CC1. The van der Waals surface area contributed by atoms with Gasteiger partial charge in [0.25, 0.3) is 0 Å². The van der Waals surface area contributed by atoms with Crippen LogP contribution in [0.15, 0.2) is 0 Å². The number of ketones is 1. The Morgan fingerprint density at radius 3 is 2.78 bits per heavy atom. The van der Waals surface area contributed by atoms with Crippen LogP contribution in [0.3, 0.4) is 0 Å². The number of carbonyl (C=O) groups is 1. The number of nitrogens with zero attached hydrogens (tertiary/aromatic N) is 2. The van der Waals surface area contributed by atoms with Crippen LogP contribution in [0.1, 0.15) is 41.0 Å². The minimum Gasteiger partial charge on any atom is -0.348 e. The summed E-state index contributed by atoms with van der Waals surface area (Å²) in [5, 5.41) is 1.88. The van der Waals surface area contributed by atoms with Crippen LogP contribution in [0, 0.1) is 0 Å². The Labute approximate surface area is 116 Å². The first-order chi connectivity index (χ1) is 8.78. The zero-order valence-electron chi connectivity index (χ0n) is 10.6. The summed E-state index contributed by atoms with van der Waals surface area (Å²) >= 11 is 3.59. The van der Waals surface area contributed by atoms with Crippen LogP contribution in [0.25, 0.3) is 0 Å². The number of hydrogen-bond donors (Lipinski definition) is 0. The van der Waals surface area contributed by atoms with E-state index >= 15 is 0 Å². The first-order valence-corrected chi connectivity index (χ1v) is 8.69. The van der Waals surface area contributed by atoms with Crippen molar-refractivity contribution >= 4 is 34.0 Å². The van der Waals surface area contributed by atoms with Crippen LogP contribution >= 0.6 is 23.1 Å². The van der Waals surface area contributed by atoms with E-state index in [0.717, 1.165) is 46.9 Å². The maximum absolute atomic E-state index is 11.8. The van der Waals surface area contributed by atoms with Crippen molar-refractivity contribution in [3.8, 4) is 0 Å². The molecule has 18 heavy (non-hydrogen) atoms. The third-order valence-electron chi connectivity index (χ3n) is 3.80. The summed E-state index contributed by atoms with van der Waals surface area (Å²) in [4.78, 5) is 19.8. The molecule has 1 aromatic heterocycles. The molecular weight excluding hydrogens is 264 g/mol. The van der Waals surface area contributed by atoms with E-state index < -0.39 is 0 Å². The van der Waals surface area contributed by atoms with Crippen LogP contribution in [0.2, 0.25) is 0 Å². The lowest BCUT2D eigenvalue weighted by Gasteiger charge is -2.30. The minimum absolute atomic E-state index is 0.305. The van der Waals surface area contributed by atoms with Crippen molar-refractivity contribution in [2.45, 2.75) is 37.4 Å². The zero-order chi connectivity index (χ0) is 12.5. The highest BCUT2D eigenvalue weighted by atomic mass is 32.2. The summed E-state index contributed by atoms with van der Waals surface area (Å²) in [6.07, 6.45) is 7.34. The van der Waals surface area contributed by atoms with Crippen molar-refractivity contribution < 1.29 is 4.79 Å². The van der Waals surface area contributed by atoms with Crippen LogP contribution in [0.4, 0.5) is 5.13 Å². The number of piperidine rings is 1. The van der Waals surface area contributed by atoms with E-state index in [4.69, 9.17) is 4.98 Å². The molecule has 0 radical (unpaired) electrons. The minimum atomic E-state index is 0.305. The standard InChI is InChI=1S/C13H18N2OS2/c1-17-9-5-7-15(8-6-9)13-14-10-3-2-4-11(16)12(10)18-13/h9H,2-8H2,1H3. The maximum atomic E-state index is 11.8. The third-order valence-corrected chi connectivity index (χ3v) is 6.14. The normalized spacial score (nSPS) is 21.2. The number of aromatic nitrogens is 1. The lowest BCUT2D eigenvalue weighted by molar-refractivity contribution is 0.0976. The van der Waals surface area contributed by atoms with Gasteiger partial charge in [-0.05, 0) is 31.9 Å². The molecule has 2 aliphatic rings.